The van der Waals surface area contributed by atoms with Crippen molar-refractivity contribution in [3.05, 3.63) is 35.4 Å². The fraction of sp³-hybridized carbons (Fsp3) is 0.682. The highest BCUT2D eigenvalue weighted by molar-refractivity contribution is 5.78. The van der Waals surface area contributed by atoms with E-state index in [9.17, 15) is 4.79 Å². The minimum atomic E-state index is 0.186. The fourth-order valence-electron chi connectivity index (χ4n) is 6.15. The van der Waals surface area contributed by atoms with E-state index in [0.29, 0.717) is 12.0 Å². The smallest absolute Gasteiger partial charge is 0.234 e. The Kier molecular flexibility index (Phi) is 4.61. The minimum Gasteiger partial charge on any atom is -0.354 e. The number of rotatable bonds is 6. The van der Waals surface area contributed by atoms with Crippen LogP contribution in [0.5, 0.6) is 0 Å². The Hall–Kier alpha value is -1.35. The Morgan fingerprint density at radius 1 is 1.08 bits per heavy atom. The van der Waals surface area contributed by atoms with Gasteiger partial charge >= 0.3 is 0 Å². The Balaban J connectivity index is 1.26. The van der Waals surface area contributed by atoms with E-state index in [-0.39, 0.29) is 5.91 Å². The number of carbonyl (C=O) groups is 1. The molecule has 4 saturated carbocycles. The molecule has 4 aliphatic rings. The van der Waals surface area contributed by atoms with Crippen LogP contribution in [0.3, 0.4) is 0 Å². The first-order chi connectivity index (χ1) is 12.0. The van der Waals surface area contributed by atoms with Crippen molar-refractivity contribution in [3.63, 3.8) is 0 Å². The third kappa shape index (κ3) is 3.92. The summed E-state index contributed by atoms with van der Waals surface area (Å²) in [7, 11) is 2.03. The molecule has 1 aromatic rings. The lowest BCUT2D eigenvalue weighted by Crippen LogP contribution is -2.51. The van der Waals surface area contributed by atoms with E-state index < -0.39 is 0 Å². The van der Waals surface area contributed by atoms with Crippen molar-refractivity contribution in [2.24, 2.45) is 23.2 Å². The molecule has 4 bridgehead atoms. The molecule has 0 spiro atoms. The predicted molar refractivity (Wildman–Crippen MR) is 101 cm³/mol. The van der Waals surface area contributed by atoms with Gasteiger partial charge in [0.05, 0.1) is 6.54 Å². The van der Waals surface area contributed by atoms with Crippen molar-refractivity contribution in [2.45, 2.75) is 52.0 Å². The second kappa shape index (κ2) is 6.75. The third-order valence-corrected chi connectivity index (χ3v) is 6.81. The highest BCUT2D eigenvalue weighted by Gasteiger charge is 2.50. The van der Waals surface area contributed by atoms with Crippen LogP contribution in [0.2, 0.25) is 0 Å². The van der Waals surface area contributed by atoms with Crippen LogP contribution in [0.1, 0.15) is 49.7 Å². The van der Waals surface area contributed by atoms with Gasteiger partial charge in [-0.2, -0.15) is 0 Å². The molecule has 1 N–H and O–H groups in total. The first-order valence-corrected chi connectivity index (χ1v) is 10.0. The maximum Gasteiger partial charge on any atom is 0.234 e. The number of nitrogens with zero attached hydrogens (tertiary/aromatic N) is 1. The SMILES string of the molecule is Cc1ccc(CN(C)CC(=O)NCC23CC4CC(CC(C4)C2)C3)cc1. The molecule has 0 saturated heterocycles. The van der Waals surface area contributed by atoms with Crippen LogP contribution >= 0.6 is 0 Å². The topological polar surface area (TPSA) is 32.3 Å². The number of nitrogens with one attached hydrogen (secondary N) is 1. The lowest BCUT2D eigenvalue weighted by molar-refractivity contribution is -0.124. The van der Waals surface area contributed by atoms with Crippen LogP contribution in [-0.4, -0.2) is 30.9 Å². The van der Waals surface area contributed by atoms with E-state index in [0.717, 1.165) is 30.8 Å². The molecule has 0 aliphatic heterocycles. The molecule has 4 fully saturated rings. The van der Waals surface area contributed by atoms with Crippen LogP contribution in [0.4, 0.5) is 0 Å². The van der Waals surface area contributed by atoms with Gasteiger partial charge in [0, 0.05) is 13.1 Å². The van der Waals surface area contributed by atoms with Gasteiger partial charge in [-0.25, -0.2) is 0 Å². The largest absolute Gasteiger partial charge is 0.354 e. The molecule has 0 atom stereocenters. The molecule has 136 valence electrons. The van der Waals surface area contributed by atoms with Crippen molar-refractivity contribution in [2.75, 3.05) is 20.1 Å². The molecular formula is C22H32N2O. The first kappa shape index (κ1) is 17.1. The van der Waals surface area contributed by atoms with Crippen molar-refractivity contribution in [1.82, 2.24) is 10.2 Å². The minimum absolute atomic E-state index is 0.186. The molecule has 0 aromatic heterocycles. The molecule has 0 unspecified atom stereocenters. The van der Waals surface area contributed by atoms with Gasteiger partial charge in [-0.3, -0.25) is 9.69 Å². The highest BCUT2D eigenvalue weighted by Crippen LogP contribution is 2.59. The second-order valence-electron chi connectivity index (χ2n) is 9.35. The maximum absolute atomic E-state index is 12.4. The lowest BCUT2D eigenvalue weighted by Gasteiger charge is -2.56. The summed E-state index contributed by atoms with van der Waals surface area (Å²) < 4.78 is 0. The number of hydrogen-bond donors (Lipinski definition) is 1. The van der Waals surface area contributed by atoms with E-state index in [1.54, 1.807) is 0 Å². The Morgan fingerprint density at radius 2 is 1.64 bits per heavy atom. The first-order valence-electron chi connectivity index (χ1n) is 10.0. The van der Waals surface area contributed by atoms with Gasteiger partial charge < -0.3 is 5.32 Å². The molecule has 0 heterocycles. The lowest BCUT2D eigenvalue weighted by atomic mass is 9.49. The number of likely N-dealkylation sites (N-methyl/N-ethyl adjacent to an activating group) is 1. The molecule has 5 rings (SSSR count). The predicted octanol–water partition coefficient (Wildman–Crippen LogP) is 3.76. The van der Waals surface area contributed by atoms with E-state index >= 15 is 0 Å². The average Bonchev–Trinajstić information content (AvgIpc) is 2.54. The molecule has 25 heavy (non-hydrogen) atoms. The summed E-state index contributed by atoms with van der Waals surface area (Å²) in [4.78, 5) is 14.5. The van der Waals surface area contributed by atoms with Crippen LogP contribution in [-0.2, 0) is 11.3 Å². The maximum atomic E-state index is 12.4. The van der Waals surface area contributed by atoms with Gasteiger partial charge in [-0.15, -0.1) is 0 Å². The fourth-order valence-corrected chi connectivity index (χ4v) is 6.15. The molecule has 3 heteroatoms. The Bertz CT molecular complexity index is 586. The van der Waals surface area contributed by atoms with Crippen LogP contribution in [0.25, 0.3) is 0 Å². The zero-order valence-electron chi connectivity index (χ0n) is 15.8. The summed E-state index contributed by atoms with van der Waals surface area (Å²) in [5.74, 6) is 3.04. The quantitative estimate of drug-likeness (QED) is 0.855. The highest BCUT2D eigenvalue weighted by atomic mass is 16.2. The van der Waals surface area contributed by atoms with Gasteiger partial charge in [0.1, 0.15) is 0 Å². The Labute approximate surface area is 152 Å². The van der Waals surface area contributed by atoms with Crippen molar-refractivity contribution >= 4 is 5.91 Å². The summed E-state index contributed by atoms with van der Waals surface area (Å²) in [6.07, 6.45) is 8.47. The van der Waals surface area contributed by atoms with Crippen LogP contribution in [0, 0.1) is 30.1 Å². The molecule has 4 aliphatic carbocycles. The Morgan fingerprint density at radius 3 is 2.20 bits per heavy atom. The van der Waals surface area contributed by atoms with E-state index in [2.05, 4.69) is 41.4 Å². The van der Waals surface area contributed by atoms with Gasteiger partial charge in [0.2, 0.25) is 5.91 Å². The van der Waals surface area contributed by atoms with Gasteiger partial charge in [-0.1, -0.05) is 29.8 Å². The molecule has 3 nitrogen and oxygen atoms in total. The number of hydrogen-bond acceptors (Lipinski definition) is 2. The van der Waals surface area contributed by atoms with E-state index in [4.69, 9.17) is 0 Å². The normalized spacial score (nSPS) is 33.0. The summed E-state index contributed by atoms with van der Waals surface area (Å²) in [6, 6.07) is 8.57. The van der Waals surface area contributed by atoms with Crippen molar-refractivity contribution < 1.29 is 4.79 Å². The van der Waals surface area contributed by atoms with Gasteiger partial charge in [-0.05, 0) is 81.2 Å². The van der Waals surface area contributed by atoms with Gasteiger partial charge in [0.15, 0.2) is 0 Å². The zero-order valence-corrected chi connectivity index (χ0v) is 15.8. The van der Waals surface area contributed by atoms with E-state index in [1.165, 1.54) is 49.7 Å². The summed E-state index contributed by atoms with van der Waals surface area (Å²) in [6.45, 7) is 4.32. The standard InChI is InChI=1S/C22H32N2O/c1-16-3-5-17(6-4-16)13-24(2)14-21(25)23-15-22-10-18-7-19(11-22)9-20(8-18)12-22/h3-6,18-20H,7-15H2,1-2H3,(H,23,25). The third-order valence-electron chi connectivity index (χ3n) is 6.81. The molecule has 1 aromatic carbocycles. The van der Waals surface area contributed by atoms with Crippen molar-refractivity contribution in [1.29, 1.82) is 0 Å². The van der Waals surface area contributed by atoms with E-state index in [1.807, 2.05) is 7.05 Å². The number of aryl methyl sites for hydroxylation is 1. The monoisotopic (exact) mass is 340 g/mol. The molecule has 1 amide bonds. The van der Waals surface area contributed by atoms with Crippen LogP contribution in [0.15, 0.2) is 24.3 Å². The number of amides is 1. The summed E-state index contributed by atoms with van der Waals surface area (Å²) in [5, 5.41) is 3.28. The van der Waals surface area contributed by atoms with Crippen molar-refractivity contribution in [3.8, 4) is 0 Å². The average molecular weight is 341 g/mol. The molecular weight excluding hydrogens is 308 g/mol. The number of carbonyl (C=O) groups excluding carboxylic acids is 1. The molecule has 0 radical (unpaired) electrons. The zero-order chi connectivity index (χ0) is 17.4. The summed E-state index contributed by atoms with van der Waals surface area (Å²) in [5.41, 5.74) is 2.97. The van der Waals surface area contributed by atoms with Gasteiger partial charge in [0.25, 0.3) is 0 Å². The second-order valence-corrected chi connectivity index (χ2v) is 9.35. The van der Waals surface area contributed by atoms with Crippen LogP contribution < -0.4 is 5.32 Å². The number of benzene rings is 1. The summed E-state index contributed by atoms with van der Waals surface area (Å²) >= 11 is 0.